The second-order valence-electron chi connectivity index (χ2n) is 5.68. The summed E-state index contributed by atoms with van der Waals surface area (Å²) in [4.78, 5) is 8.50. The van der Waals surface area contributed by atoms with Gasteiger partial charge in [0.15, 0.2) is 11.5 Å². The van der Waals surface area contributed by atoms with Crippen molar-refractivity contribution in [3.63, 3.8) is 0 Å². The van der Waals surface area contributed by atoms with Crippen molar-refractivity contribution < 1.29 is 13.2 Å². The van der Waals surface area contributed by atoms with Crippen LogP contribution in [0.3, 0.4) is 0 Å². The number of benzene rings is 2. The number of nitrogens with two attached hydrogens (primary N) is 1. The van der Waals surface area contributed by atoms with Crippen LogP contribution >= 0.6 is 0 Å². The van der Waals surface area contributed by atoms with Crippen molar-refractivity contribution in [2.45, 2.75) is 6.42 Å². The van der Waals surface area contributed by atoms with Gasteiger partial charge in [-0.1, -0.05) is 6.07 Å². The van der Waals surface area contributed by atoms with Crippen LogP contribution in [0.2, 0.25) is 0 Å². The van der Waals surface area contributed by atoms with Gasteiger partial charge in [-0.2, -0.15) is 4.52 Å². The molecule has 4 rings (SSSR count). The Morgan fingerprint density at radius 3 is 2.31 bits per heavy atom. The minimum absolute atomic E-state index is 0.0644. The first kappa shape index (κ1) is 16.1. The molecule has 2 N–H and O–H groups in total. The van der Waals surface area contributed by atoms with Gasteiger partial charge in [0.2, 0.25) is 5.95 Å². The van der Waals surface area contributed by atoms with E-state index in [2.05, 4.69) is 15.1 Å². The summed E-state index contributed by atoms with van der Waals surface area (Å²) in [5.41, 5.74) is 7.33. The van der Waals surface area contributed by atoms with Crippen LogP contribution < -0.4 is 5.73 Å². The predicted octanol–water partition coefficient (Wildman–Crippen LogP) is 3.38. The predicted molar refractivity (Wildman–Crippen MR) is 89.8 cm³/mol. The maximum Gasteiger partial charge on any atom is 0.223 e. The molecule has 0 unspecified atom stereocenters. The zero-order valence-electron chi connectivity index (χ0n) is 13.3. The molecule has 0 radical (unpaired) electrons. The summed E-state index contributed by atoms with van der Waals surface area (Å²) in [6, 6.07) is 11.0. The molecule has 0 aliphatic carbocycles. The molecule has 0 aliphatic rings. The summed E-state index contributed by atoms with van der Waals surface area (Å²) in [5.74, 6) is -1.42. The van der Waals surface area contributed by atoms with E-state index in [1.807, 2.05) is 0 Å². The van der Waals surface area contributed by atoms with Gasteiger partial charge >= 0.3 is 0 Å². The quantitative estimate of drug-likeness (QED) is 0.612. The van der Waals surface area contributed by atoms with Gasteiger partial charge in [0.05, 0.1) is 5.69 Å². The summed E-state index contributed by atoms with van der Waals surface area (Å²) in [7, 11) is 0. The van der Waals surface area contributed by atoms with Crippen LogP contribution in [0.1, 0.15) is 11.4 Å². The fourth-order valence-electron chi connectivity index (χ4n) is 2.66. The fourth-order valence-corrected chi connectivity index (χ4v) is 2.66. The fraction of sp³-hybridized carbons (Fsp3) is 0.0556. The van der Waals surface area contributed by atoms with Crippen molar-refractivity contribution in [1.82, 2.24) is 19.6 Å². The third kappa shape index (κ3) is 2.85. The topological polar surface area (TPSA) is 69.1 Å². The summed E-state index contributed by atoms with van der Waals surface area (Å²) in [6.45, 7) is 0. The molecule has 4 aromatic rings. The third-order valence-corrected chi connectivity index (χ3v) is 3.93. The molecular formula is C18H12F3N5. The number of halogens is 3. The van der Waals surface area contributed by atoms with Gasteiger partial charge in [-0.15, -0.1) is 5.10 Å². The Bertz CT molecular complexity index is 1090. The van der Waals surface area contributed by atoms with Crippen LogP contribution in [0.15, 0.2) is 48.5 Å². The number of hydrogen-bond acceptors (Lipinski definition) is 4. The van der Waals surface area contributed by atoms with Gasteiger partial charge < -0.3 is 5.73 Å². The van der Waals surface area contributed by atoms with Crippen LogP contribution in [-0.4, -0.2) is 19.6 Å². The van der Waals surface area contributed by atoms with Crippen molar-refractivity contribution >= 4 is 11.6 Å². The lowest BCUT2D eigenvalue weighted by atomic mass is 10.1. The monoisotopic (exact) mass is 355 g/mol. The van der Waals surface area contributed by atoms with E-state index in [0.29, 0.717) is 16.9 Å². The highest BCUT2D eigenvalue weighted by Gasteiger charge is 2.15. The summed E-state index contributed by atoms with van der Waals surface area (Å²) in [5, 5.41) is 4.16. The maximum atomic E-state index is 13.8. The Morgan fingerprint density at radius 2 is 1.62 bits per heavy atom. The van der Waals surface area contributed by atoms with Crippen molar-refractivity contribution in [1.29, 1.82) is 0 Å². The second kappa shape index (κ2) is 6.14. The first-order valence-corrected chi connectivity index (χ1v) is 7.72. The first-order valence-electron chi connectivity index (χ1n) is 7.72. The zero-order chi connectivity index (χ0) is 18.3. The summed E-state index contributed by atoms with van der Waals surface area (Å²) < 4.78 is 42.0. The molecule has 0 saturated heterocycles. The molecule has 8 heteroatoms. The van der Waals surface area contributed by atoms with E-state index in [1.54, 1.807) is 18.2 Å². The van der Waals surface area contributed by atoms with Gasteiger partial charge in [-0.05, 0) is 36.4 Å². The highest BCUT2D eigenvalue weighted by atomic mass is 19.1. The maximum absolute atomic E-state index is 13.8. The standard InChI is InChI=1S/C18H12F3N5/c19-11-6-4-10(5-7-11)15-9-17-24-16(25-26(17)18(22)23-15)8-12-13(20)2-1-3-14(12)21/h1-7,9H,8H2,(H2,22,23). The van der Waals surface area contributed by atoms with Crippen molar-refractivity contribution in [2.24, 2.45) is 0 Å². The molecule has 0 spiro atoms. The Morgan fingerprint density at radius 1 is 0.923 bits per heavy atom. The van der Waals surface area contributed by atoms with Crippen LogP contribution in [-0.2, 0) is 6.42 Å². The highest BCUT2D eigenvalue weighted by molar-refractivity contribution is 5.65. The van der Waals surface area contributed by atoms with Gasteiger partial charge in [0.1, 0.15) is 17.5 Å². The van der Waals surface area contributed by atoms with Gasteiger partial charge in [0.25, 0.3) is 0 Å². The average Bonchev–Trinajstić information content (AvgIpc) is 3.02. The number of hydrogen-bond donors (Lipinski definition) is 1. The van der Waals surface area contributed by atoms with Crippen molar-refractivity contribution in [3.05, 3.63) is 77.4 Å². The normalized spacial score (nSPS) is 11.2. The number of rotatable bonds is 3. The highest BCUT2D eigenvalue weighted by Crippen LogP contribution is 2.21. The Kier molecular flexibility index (Phi) is 3.80. The number of aromatic nitrogens is 4. The molecule has 0 aliphatic heterocycles. The molecule has 5 nitrogen and oxygen atoms in total. The van der Waals surface area contributed by atoms with E-state index in [0.717, 1.165) is 0 Å². The second-order valence-corrected chi connectivity index (χ2v) is 5.68. The molecule has 2 aromatic heterocycles. The molecule has 2 heterocycles. The smallest absolute Gasteiger partial charge is 0.223 e. The van der Waals surface area contributed by atoms with E-state index in [1.165, 1.54) is 34.8 Å². The molecule has 26 heavy (non-hydrogen) atoms. The van der Waals surface area contributed by atoms with Gasteiger partial charge in [-0.3, -0.25) is 0 Å². The molecular weight excluding hydrogens is 343 g/mol. The minimum atomic E-state index is -0.665. The Hall–Kier alpha value is -3.42. The number of nitrogen functional groups attached to an aromatic ring is 1. The zero-order valence-corrected chi connectivity index (χ0v) is 13.3. The van der Waals surface area contributed by atoms with Crippen LogP contribution in [0.5, 0.6) is 0 Å². The van der Waals surface area contributed by atoms with Crippen LogP contribution in [0.25, 0.3) is 16.9 Å². The van der Waals surface area contributed by atoms with Crippen LogP contribution in [0, 0.1) is 17.5 Å². The Labute approximate surface area is 145 Å². The number of nitrogens with zero attached hydrogens (tertiary/aromatic N) is 4. The van der Waals surface area contributed by atoms with E-state index < -0.39 is 11.6 Å². The lowest BCUT2D eigenvalue weighted by Crippen LogP contribution is -2.03. The molecule has 0 bridgehead atoms. The summed E-state index contributed by atoms with van der Waals surface area (Å²) >= 11 is 0. The molecule has 0 fully saturated rings. The van der Waals surface area contributed by atoms with Crippen molar-refractivity contribution in [3.8, 4) is 11.3 Å². The van der Waals surface area contributed by atoms with E-state index >= 15 is 0 Å². The molecule has 130 valence electrons. The largest absolute Gasteiger partial charge is 0.368 e. The average molecular weight is 355 g/mol. The van der Waals surface area contributed by atoms with E-state index in [9.17, 15) is 13.2 Å². The van der Waals surface area contributed by atoms with Gasteiger partial charge in [0, 0.05) is 23.6 Å². The van der Waals surface area contributed by atoms with Crippen LogP contribution in [0.4, 0.5) is 19.1 Å². The number of anilines is 1. The molecule has 0 atom stereocenters. The lowest BCUT2D eigenvalue weighted by molar-refractivity contribution is 0.559. The summed E-state index contributed by atoms with van der Waals surface area (Å²) in [6.07, 6.45) is -0.120. The van der Waals surface area contributed by atoms with E-state index in [4.69, 9.17) is 5.73 Å². The molecule has 0 saturated carbocycles. The third-order valence-electron chi connectivity index (χ3n) is 3.93. The van der Waals surface area contributed by atoms with Gasteiger partial charge in [-0.25, -0.2) is 23.1 Å². The van der Waals surface area contributed by atoms with Crippen molar-refractivity contribution in [2.75, 3.05) is 5.73 Å². The molecule has 0 amide bonds. The Balaban J connectivity index is 1.75. The van der Waals surface area contributed by atoms with E-state index in [-0.39, 0.29) is 29.6 Å². The molecule has 2 aromatic carbocycles. The first-order chi connectivity index (χ1) is 12.5. The SMILES string of the molecule is Nc1nc(-c2ccc(F)cc2)cc2nc(Cc3c(F)cccc3F)nn12. The minimum Gasteiger partial charge on any atom is -0.368 e. The lowest BCUT2D eigenvalue weighted by Gasteiger charge is -2.03. The number of fused-ring (bicyclic) bond motifs is 1.